The minimum absolute atomic E-state index is 0.259. The van der Waals surface area contributed by atoms with E-state index in [9.17, 15) is 9.59 Å². The molecular weight excluding hydrogens is 320 g/mol. The average Bonchev–Trinajstić information content (AvgIpc) is 2.98. The van der Waals surface area contributed by atoms with Gasteiger partial charge in [0.25, 0.3) is 5.91 Å². The van der Waals surface area contributed by atoms with Gasteiger partial charge in [-0.1, -0.05) is 30.3 Å². The molecule has 1 aromatic heterocycles. The lowest BCUT2D eigenvalue weighted by Gasteiger charge is -2.06. The summed E-state index contributed by atoms with van der Waals surface area (Å²) >= 11 is 0. The molecule has 0 aliphatic heterocycles. The number of carbonyl (C=O) groups excluding carboxylic acids is 2. The van der Waals surface area contributed by atoms with Gasteiger partial charge in [0.1, 0.15) is 5.58 Å². The van der Waals surface area contributed by atoms with Crippen LogP contribution in [-0.2, 0) is 11.3 Å². The molecule has 0 aliphatic rings. The Balaban J connectivity index is 1.65. The van der Waals surface area contributed by atoms with Gasteiger partial charge in [-0.25, -0.2) is 4.79 Å². The standard InChI is InChI=1S/C19H18N2O4/c1-12-15-5-3-4-6-16(15)25-17(12)18(22)20-11-13-7-9-14(10-8-13)21-19(23)24-2/h3-10H,11H2,1-2H3,(H,20,22)(H,21,23). The highest BCUT2D eigenvalue weighted by atomic mass is 16.5. The van der Waals surface area contributed by atoms with Gasteiger partial charge in [-0.3, -0.25) is 10.1 Å². The fourth-order valence-electron chi connectivity index (χ4n) is 2.53. The van der Waals surface area contributed by atoms with E-state index < -0.39 is 6.09 Å². The lowest BCUT2D eigenvalue weighted by molar-refractivity contribution is 0.0924. The lowest BCUT2D eigenvalue weighted by Crippen LogP contribution is -2.23. The quantitative estimate of drug-likeness (QED) is 0.757. The first-order valence-corrected chi connectivity index (χ1v) is 7.78. The first-order valence-electron chi connectivity index (χ1n) is 7.78. The first-order chi connectivity index (χ1) is 12.1. The Bertz CT molecular complexity index is 913. The van der Waals surface area contributed by atoms with Crippen LogP contribution in [0.1, 0.15) is 21.7 Å². The Kier molecular flexibility index (Phi) is 4.70. The first kappa shape index (κ1) is 16.6. The molecule has 2 N–H and O–H groups in total. The van der Waals surface area contributed by atoms with Crippen LogP contribution >= 0.6 is 0 Å². The second-order valence-corrected chi connectivity index (χ2v) is 5.55. The van der Waals surface area contributed by atoms with Gasteiger partial charge in [-0.15, -0.1) is 0 Å². The topological polar surface area (TPSA) is 80.6 Å². The molecule has 0 radical (unpaired) electrons. The van der Waals surface area contributed by atoms with Gasteiger partial charge in [0.2, 0.25) is 0 Å². The molecule has 2 aromatic carbocycles. The average molecular weight is 338 g/mol. The molecule has 0 saturated heterocycles. The predicted octanol–water partition coefficient (Wildman–Crippen LogP) is 3.85. The number of carbonyl (C=O) groups is 2. The zero-order valence-corrected chi connectivity index (χ0v) is 14.0. The molecule has 2 amide bonds. The van der Waals surface area contributed by atoms with E-state index in [1.54, 1.807) is 12.1 Å². The molecule has 0 atom stereocenters. The highest BCUT2D eigenvalue weighted by Gasteiger charge is 2.16. The molecule has 3 aromatic rings. The van der Waals surface area contributed by atoms with Crippen LogP contribution in [0.2, 0.25) is 0 Å². The number of para-hydroxylation sites is 1. The van der Waals surface area contributed by atoms with Gasteiger partial charge in [-0.05, 0) is 30.7 Å². The number of amides is 2. The monoisotopic (exact) mass is 338 g/mol. The summed E-state index contributed by atoms with van der Waals surface area (Å²) in [7, 11) is 1.30. The molecule has 25 heavy (non-hydrogen) atoms. The molecule has 0 spiro atoms. The van der Waals surface area contributed by atoms with Crippen molar-refractivity contribution < 1.29 is 18.7 Å². The number of ether oxygens (including phenoxy) is 1. The number of furan rings is 1. The molecule has 1 heterocycles. The third-order valence-electron chi connectivity index (χ3n) is 3.89. The van der Waals surface area contributed by atoms with Crippen LogP contribution in [0.15, 0.2) is 52.9 Å². The van der Waals surface area contributed by atoms with Crippen molar-refractivity contribution in [3.63, 3.8) is 0 Å². The van der Waals surface area contributed by atoms with Crippen molar-refractivity contribution in [3.8, 4) is 0 Å². The number of anilines is 1. The van der Waals surface area contributed by atoms with Gasteiger partial charge in [0.05, 0.1) is 7.11 Å². The SMILES string of the molecule is COC(=O)Nc1ccc(CNC(=O)c2oc3ccccc3c2C)cc1. The summed E-state index contributed by atoms with van der Waals surface area (Å²) in [6.07, 6.45) is -0.526. The minimum Gasteiger partial charge on any atom is -0.453 e. The normalized spacial score (nSPS) is 10.5. The maximum absolute atomic E-state index is 12.4. The number of fused-ring (bicyclic) bond motifs is 1. The van der Waals surface area contributed by atoms with E-state index >= 15 is 0 Å². The van der Waals surface area contributed by atoms with Gasteiger partial charge >= 0.3 is 6.09 Å². The number of rotatable bonds is 4. The molecular formula is C19H18N2O4. The van der Waals surface area contributed by atoms with Gasteiger partial charge < -0.3 is 14.5 Å². The van der Waals surface area contributed by atoms with Crippen LogP contribution in [0.5, 0.6) is 0 Å². The van der Waals surface area contributed by atoms with E-state index in [0.29, 0.717) is 23.6 Å². The third-order valence-corrected chi connectivity index (χ3v) is 3.89. The van der Waals surface area contributed by atoms with Crippen LogP contribution in [0, 0.1) is 6.92 Å². The third kappa shape index (κ3) is 3.63. The van der Waals surface area contributed by atoms with E-state index in [4.69, 9.17) is 4.42 Å². The molecule has 0 bridgehead atoms. The summed E-state index contributed by atoms with van der Waals surface area (Å²) in [5.74, 6) is 0.0654. The summed E-state index contributed by atoms with van der Waals surface area (Å²) in [5.41, 5.74) is 3.04. The molecule has 6 heteroatoms. The smallest absolute Gasteiger partial charge is 0.411 e. The van der Waals surface area contributed by atoms with Crippen LogP contribution in [0.3, 0.4) is 0 Å². The van der Waals surface area contributed by atoms with Gasteiger partial charge in [-0.2, -0.15) is 0 Å². The van der Waals surface area contributed by atoms with Gasteiger partial charge in [0.15, 0.2) is 5.76 Å². The number of hydrogen-bond donors (Lipinski definition) is 2. The molecule has 6 nitrogen and oxygen atoms in total. The van der Waals surface area contributed by atoms with E-state index in [0.717, 1.165) is 16.5 Å². The zero-order chi connectivity index (χ0) is 17.8. The zero-order valence-electron chi connectivity index (χ0n) is 14.0. The summed E-state index contributed by atoms with van der Waals surface area (Å²) in [6, 6.07) is 14.7. The maximum Gasteiger partial charge on any atom is 0.411 e. The molecule has 0 saturated carbocycles. The van der Waals surface area contributed by atoms with Crippen molar-refractivity contribution in [1.82, 2.24) is 5.32 Å². The summed E-state index contributed by atoms with van der Waals surface area (Å²) in [5, 5.41) is 6.35. The molecule has 0 fully saturated rings. The van der Waals surface area contributed by atoms with Gasteiger partial charge in [0, 0.05) is 23.2 Å². The predicted molar refractivity (Wildman–Crippen MR) is 94.6 cm³/mol. The van der Waals surface area contributed by atoms with Crippen molar-refractivity contribution in [2.45, 2.75) is 13.5 Å². The molecule has 0 unspecified atom stereocenters. The number of aryl methyl sites for hydroxylation is 1. The van der Waals surface area contributed by atoms with Crippen molar-refractivity contribution in [2.75, 3.05) is 12.4 Å². The maximum atomic E-state index is 12.4. The Labute approximate surface area is 144 Å². The Hall–Kier alpha value is -3.28. The number of methoxy groups -OCH3 is 1. The highest BCUT2D eigenvalue weighted by molar-refractivity contribution is 5.98. The Morgan fingerprint density at radius 1 is 1.08 bits per heavy atom. The summed E-state index contributed by atoms with van der Waals surface area (Å²) < 4.78 is 10.2. The van der Waals surface area contributed by atoms with Crippen molar-refractivity contribution in [2.24, 2.45) is 0 Å². The number of nitrogens with one attached hydrogen (secondary N) is 2. The fourth-order valence-corrected chi connectivity index (χ4v) is 2.53. The van der Waals surface area contributed by atoms with Crippen molar-refractivity contribution >= 4 is 28.7 Å². The number of benzene rings is 2. The Morgan fingerprint density at radius 2 is 1.80 bits per heavy atom. The van der Waals surface area contributed by atoms with E-state index in [1.807, 2.05) is 43.3 Å². The lowest BCUT2D eigenvalue weighted by atomic mass is 10.1. The molecule has 0 aliphatic carbocycles. The highest BCUT2D eigenvalue weighted by Crippen LogP contribution is 2.24. The minimum atomic E-state index is -0.526. The molecule has 3 rings (SSSR count). The van der Waals surface area contributed by atoms with Crippen LogP contribution < -0.4 is 10.6 Å². The van der Waals surface area contributed by atoms with E-state index in [2.05, 4.69) is 15.4 Å². The second kappa shape index (κ2) is 7.09. The van der Waals surface area contributed by atoms with Crippen LogP contribution in [0.25, 0.3) is 11.0 Å². The summed E-state index contributed by atoms with van der Waals surface area (Å²) in [6.45, 7) is 2.22. The largest absolute Gasteiger partial charge is 0.453 e. The molecule has 128 valence electrons. The van der Waals surface area contributed by atoms with Crippen LogP contribution in [0.4, 0.5) is 10.5 Å². The van der Waals surface area contributed by atoms with E-state index in [1.165, 1.54) is 7.11 Å². The Morgan fingerprint density at radius 3 is 2.48 bits per heavy atom. The number of hydrogen-bond acceptors (Lipinski definition) is 4. The fraction of sp³-hybridized carbons (Fsp3) is 0.158. The van der Waals surface area contributed by atoms with Crippen molar-refractivity contribution in [3.05, 3.63) is 65.4 Å². The van der Waals surface area contributed by atoms with Crippen LogP contribution in [-0.4, -0.2) is 19.1 Å². The van der Waals surface area contributed by atoms with E-state index in [-0.39, 0.29) is 5.91 Å². The summed E-state index contributed by atoms with van der Waals surface area (Å²) in [4.78, 5) is 23.5. The second-order valence-electron chi connectivity index (χ2n) is 5.55. The van der Waals surface area contributed by atoms with Crippen molar-refractivity contribution in [1.29, 1.82) is 0 Å².